The molecule has 3 N–H and O–H groups in total. The Morgan fingerprint density at radius 3 is 2.33 bits per heavy atom. The minimum Gasteiger partial charge on any atom is -0.508 e. The molecule has 0 aliphatic rings. The Hall–Kier alpha value is -1.95. The van der Waals surface area contributed by atoms with Crippen molar-refractivity contribution in [1.29, 1.82) is 0 Å². The van der Waals surface area contributed by atoms with Crippen molar-refractivity contribution in [3.05, 3.63) is 29.8 Å². The molecule has 0 fully saturated rings. The average Bonchev–Trinajstić information content (AvgIpc) is 2.39. The Morgan fingerprint density at radius 1 is 1.29 bits per heavy atom. The summed E-state index contributed by atoms with van der Waals surface area (Å²) in [7, 11) is 0. The molecule has 0 radical (unpaired) electrons. The van der Waals surface area contributed by atoms with E-state index in [0.717, 1.165) is 5.56 Å². The van der Waals surface area contributed by atoms with Crippen LogP contribution in [0.3, 0.4) is 0 Å². The number of Topliss-reactive ketones (excluding diaryl/α,β-unsaturated/α-hetero) is 1. The number of ketones is 1. The first-order valence-corrected chi connectivity index (χ1v) is 7.01. The predicted octanol–water partition coefficient (Wildman–Crippen LogP) is 1.92. The maximum Gasteiger partial charge on any atom is 0.326 e. The van der Waals surface area contributed by atoms with E-state index in [1.165, 1.54) is 19.1 Å². The lowest BCUT2D eigenvalue weighted by atomic mass is 10.0. The molecule has 5 nitrogen and oxygen atoms in total. The van der Waals surface area contributed by atoms with E-state index in [2.05, 4.69) is 5.32 Å². The summed E-state index contributed by atoms with van der Waals surface area (Å²) in [6, 6.07) is 5.47. The zero-order chi connectivity index (χ0) is 16.0. The molecule has 0 aromatic heterocycles. The number of carboxylic acid groups (broad SMARTS) is 1. The second kappa shape index (κ2) is 7.73. The third kappa shape index (κ3) is 5.91. The molecule has 0 aliphatic heterocycles. The van der Waals surface area contributed by atoms with Crippen LogP contribution in [0.5, 0.6) is 5.75 Å². The second-order valence-corrected chi connectivity index (χ2v) is 5.52. The largest absolute Gasteiger partial charge is 0.508 e. The van der Waals surface area contributed by atoms with E-state index in [0.29, 0.717) is 4.99 Å². The summed E-state index contributed by atoms with van der Waals surface area (Å²) in [5.41, 5.74) is 0.773. The molecule has 0 heterocycles. The van der Waals surface area contributed by atoms with Crippen molar-refractivity contribution in [3.63, 3.8) is 0 Å². The maximum atomic E-state index is 11.3. The number of thiocarbonyl (C=S) groups is 1. The van der Waals surface area contributed by atoms with Crippen LogP contribution in [0, 0.1) is 5.92 Å². The average molecular weight is 309 g/mol. The number of benzene rings is 1. The molecule has 0 saturated carbocycles. The van der Waals surface area contributed by atoms with Crippen molar-refractivity contribution in [1.82, 2.24) is 5.32 Å². The highest BCUT2D eigenvalue weighted by Gasteiger charge is 2.21. The van der Waals surface area contributed by atoms with Gasteiger partial charge in [-0.15, -0.1) is 0 Å². The highest BCUT2D eigenvalue weighted by atomic mass is 32.1. The number of carbonyl (C=O) groups is 2. The third-order valence-corrected chi connectivity index (χ3v) is 3.55. The highest BCUT2D eigenvalue weighted by Crippen LogP contribution is 2.12. The quantitative estimate of drug-likeness (QED) is 0.667. The number of rotatable bonds is 7. The van der Waals surface area contributed by atoms with Crippen molar-refractivity contribution in [2.24, 2.45) is 5.92 Å². The molecular weight excluding hydrogens is 290 g/mol. The summed E-state index contributed by atoms with van der Waals surface area (Å²) in [5.74, 6) is -1.07. The van der Waals surface area contributed by atoms with Gasteiger partial charge >= 0.3 is 5.97 Å². The standard InChI is InChI=1S/C15H19NO4S/c1-9(7-10(2)17)14(21)16-13(15(19)20)8-11-3-5-12(18)6-4-11/h3-6,9,13,18H,7-8H2,1-2H3,(H,16,21)(H,19,20)/t9?,13-/m0/s1. The monoisotopic (exact) mass is 309 g/mol. The van der Waals surface area contributed by atoms with Gasteiger partial charge in [-0.1, -0.05) is 31.3 Å². The van der Waals surface area contributed by atoms with Crippen molar-refractivity contribution in [2.75, 3.05) is 0 Å². The Morgan fingerprint density at radius 2 is 1.86 bits per heavy atom. The molecule has 1 rings (SSSR count). The van der Waals surface area contributed by atoms with Gasteiger partial charge < -0.3 is 20.3 Å². The van der Waals surface area contributed by atoms with E-state index >= 15 is 0 Å². The van der Waals surface area contributed by atoms with Crippen molar-refractivity contribution in [3.8, 4) is 5.75 Å². The molecular formula is C15H19NO4S. The van der Waals surface area contributed by atoms with Gasteiger partial charge in [-0.2, -0.15) is 0 Å². The molecule has 2 atom stereocenters. The van der Waals surface area contributed by atoms with E-state index in [9.17, 15) is 19.8 Å². The molecule has 0 spiro atoms. The van der Waals surface area contributed by atoms with Gasteiger partial charge in [0.2, 0.25) is 0 Å². The summed E-state index contributed by atoms with van der Waals surface area (Å²) in [4.78, 5) is 22.8. The number of phenolic OH excluding ortho intramolecular Hbond substituents is 1. The van der Waals surface area contributed by atoms with E-state index in [4.69, 9.17) is 12.2 Å². The SMILES string of the molecule is CC(=O)CC(C)C(=S)N[C@@H](Cc1ccc(O)cc1)C(=O)O. The molecule has 1 aromatic rings. The topological polar surface area (TPSA) is 86.6 Å². The van der Waals surface area contributed by atoms with Crippen molar-refractivity contribution in [2.45, 2.75) is 32.7 Å². The molecule has 0 aliphatic carbocycles. The Kier molecular flexibility index (Phi) is 6.30. The number of aliphatic carboxylic acids is 1. The van der Waals surface area contributed by atoms with Crippen molar-refractivity contribution < 1.29 is 19.8 Å². The van der Waals surface area contributed by atoms with Crippen LogP contribution in [0.25, 0.3) is 0 Å². The summed E-state index contributed by atoms with van der Waals surface area (Å²) in [6.07, 6.45) is 0.528. The van der Waals surface area contributed by atoms with Crippen LogP contribution >= 0.6 is 12.2 Å². The van der Waals surface area contributed by atoms with Gasteiger partial charge in [-0.25, -0.2) is 4.79 Å². The van der Waals surface area contributed by atoms with Crippen LogP contribution in [-0.4, -0.2) is 33.0 Å². The van der Waals surface area contributed by atoms with Crippen molar-refractivity contribution >= 4 is 29.0 Å². The summed E-state index contributed by atoms with van der Waals surface area (Å²) in [6.45, 7) is 3.26. The first-order valence-electron chi connectivity index (χ1n) is 6.60. The first-order chi connectivity index (χ1) is 9.79. The van der Waals surface area contributed by atoms with E-state index in [1.54, 1.807) is 19.1 Å². The normalized spacial score (nSPS) is 13.2. The van der Waals surface area contributed by atoms with Gasteiger partial charge in [0.25, 0.3) is 0 Å². The first kappa shape index (κ1) is 17.1. The van der Waals surface area contributed by atoms with Gasteiger partial charge in [0.15, 0.2) is 0 Å². The number of carbonyl (C=O) groups excluding carboxylic acids is 1. The fourth-order valence-electron chi connectivity index (χ4n) is 1.91. The number of hydrogen-bond acceptors (Lipinski definition) is 4. The zero-order valence-electron chi connectivity index (χ0n) is 12.0. The number of carboxylic acids is 1. The second-order valence-electron chi connectivity index (χ2n) is 5.08. The minimum absolute atomic E-state index is 0.0112. The summed E-state index contributed by atoms with van der Waals surface area (Å²) >= 11 is 5.16. The summed E-state index contributed by atoms with van der Waals surface area (Å²) < 4.78 is 0. The Labute approximate surface area is 129 Å². The Bertz CT molecular complexity index is 527. The number of nitrogens with one attached hydrogen (secondary N) is 1. The lowest BCUT2D eigenvalue weighted by Crippen LogP contribution is -2.43. The lowest BCUT2D eigenvalue weighted by molar-refractivity contribution is -0.139. The maximum absolute atomic E-state index is 11.3. The fourth-order valence-corrected chi connectivity index (χ4v) is 2.13. The molecule has 0 saturated heterocycles. The Balaban J connectivity index is 2.69. The van der Waals surface area contributed by atoms with Crippen LogP contribution in [0.2, 0.25) is 0 Å². The molecule has 0 bridgehead atoms. The van der Waals surface area contributed by atoms with Crippen LogP contribution < -0.4 is 5.32 Å². The van der Waals surface area contributed by atoms with Gasteiger partial charge in [-0.05, 0) is 24.6 Å². The lowest BCUT2D eigenvalue weighted by Gasteiger charge is -2.20. The van der Waals surface area contributed by atoms with Crippen LogP contribution in [-0.2, 0) is 16.0 Å². The molecule has 1 aromatic carbocycles. The third-order valence-electron chi connectivity index (χ3n) is 3.03. The minimum atomic E-state index is -1.01. The number of hydrogen-bond donors (Lipinski definition) is 3. The van der Waals surface area contributed by atoms with E-state index in [1.807, 2.05) is 0 Å². The zero-order valence-corrected chi connectivity index (χ0v) is 12.8. The predicted molar refractivity (Wildman–Crippen MR) is 83.4 cm³/mol. The van der Waals surface area contributed by atoms with E-state index in [-0.39, 0.29) is 30.3 Å². The van der Waals surface area contributed by atoms with Gasteiger partial charge in [-0.3, -0.25) is 0 Å². The van der Waals surface area contributed by atoms with Gasteiger partial charge in [0.1, 0.15) is 17.6 Å². The fraction of sp³-hybridized carbons (Fsp3) is 0.400. The molecule has 0 amide bonds. The van der Waals surface area contributed by atoms with Crippen LogP contribution in [0.15, 0.2) is 24.3 Å². The molecule has 6 heteroatoms. The smallest absolute Gasteiger partial charge is 0.326 e. The molecule has 114 valence electrons. The van der Waals surface area contributed by atoms with Gasteiger partial charge in [0, 0.05) is 18.8 Å². The molecule has 1 unspecified atom stereocenters. The highest BCUT2D eigenvalue weighted by molar-refractivity contribution is 7.80. The number of aromatic hydroxyl groups is 1. The number of phenols is 1. The molecule has 21 heavy (non-hydrogen) atoms. The van der Waals surface area contributed by atoms with Crippen LogP contribution in [0.1, 0.15) is 25.8 Å². The van der Waals surface area contributed by atoms with Crippen LogP contribution in [0.4, 0.5) is 0 Å². The van der Waals surface area contributed by atoms with Gasteiger partial charge in [0.05, 0.1) is 4.99 Å². The summed E-state index contributed by atoms with van der Waals surface area (Å²) in [5, 5.41) is 21.3. The van der Waals surface area contributed by atoms with E-state index < -0.39 is 12.0 Å².